The second-order valence-corrected chi connectivity index (χ2v) is 8.50. The van der Waals surface area contributed by atoms with Crippen LogP contribution in [0.15, 0.2) is 34.6 Å². The molecular formula is C21H26N4O3S. The maximum atomic E-state index is 13.0. The zero-order chi connectivity index (χ0) is 20.5. The number of aromatic nitrogens is 2. The van der Waals surface area contributed by atoms with Crippen molar-refractivity contribution < 1.29 is 9.90 Å². The summed E-state index contributed by atoms with van der Waals surface area (Å²) in [6, 6.07) is 3.30. The summed E-state index contributed by atoms with van der Waals surface area (Å²) in [5.41, 5.74) is 1.55. The number of allylic oxidation sites excluding steroid dienone is 1. The van der Waals surface area contributed by atoms with Gasteiger partial charge in [-0.1, -0.05) is 12.2 Å². The number of aliphatic hydroxyl groups is 1. The fraction of sp³-hybridized carbons (Fsp3) is 0.476. The molecule has 0 aromatic carbocycles. The van der Waals surface area contributed by atoms with Gasteiger partial charge < -0.3 is 15.0 Å². The minimum absolute atomic E-state index is 0.00104. The molecule has 0 saturated carbocycles. The van der Waals surface area contributed by atoms with Gasteiger partial charge in [-0.05, 0) is 26.0 Å². The fourth-order valence-electron chi connectivity index (χ4n) is 4.87. The third-order valence-corrected chi connectivity index (χ3v) is 6.75. The summed E-state index contributed by atoms with van der Waals surface area (Å²) in [7, 11) is 0. The summed E-state index contributed by atoms with van der Waals surface area (Å²) < 4.78 is 1.82. The molecule has 0 spiro atoms. The molecule has 4 heterocycles. The monoisotopic (exact) mass is 414 g/mol. The van der Waals surface area contributed by atoms with Gasteiger partial charge in [0, 0.05) is 54.4 Å². The number of thiazole rings is 1. The predicted molar refractivity (Wildman–Crippen MR) is 112 cm³/mol. The lowest BCUT2D eigenvalue weighted by molar-refractivity contribution is -0.127. The Kier molecular flexibility index (Phi) is 5.67. The van der Waals surface area contributed by atoms with Crippen LogP contribution in [-0.4, -0.2) is 44.7 Å². The van der Waals surface area contributed by atoms with Crippen LogP contribution < -0.4 is 10.9 Å². The first-order chi connectivity index (χ1) is 14.1. The number of carbonyl (C=O) groups excluding carboxylic acids is 1. The van der Waals surface area contributed by atoms with Gasteiger partial charge in [-0.2, -0.15) is 0 Å². The Hall–Kier alpha value is -2.29. The van der Waals surface area contributed by atoms with Crippen molar-refractivity contribution in [1.29, 1.82) is 0 Å². The number of hydrogen-bond acceptors (Lipinski definition) is 6. The van der Waals surface area contributed by atoms with E-state index < -0.39 is 6.04 Å². The lowest BCUT2D eigenvalue weighted by Gasteiger charge is -2.30. The highest BCUT2D eigenvalue weighted by Crippen LogP contribution is 2.49. The Morgan fingerprint density at radius 3 is 2.93 bits per heavy atom. The van der Waals surface area contributed by atoms with E-state index >= 15 is 0 Å². The molecule has 4 atom stereocenters. The number of carbonyl (C=O) groups is 1. The Bertz CT molecular complexity index is 969. The van der Waals surface area contributed by atoms with Crippen molar-refractivity contribution in [3.05, 3.63) is 56.4 Å². The molecule has 2 N–H and O–H groups in total. The van der Waals surface area contributed by atoms with Crippen molar-refractivity contribution in [1.82, 2.24) is 19.8 Å². The molecule has 1 amide bonds. The van der Waals surface area contributed by atoms with Crippen LogP contribution in [0, 0.1) is 11.8 Å². The minimum atomic E-state index is -0.446. The number of pyridine rings is 1. The average Bonchev–Trinajstić information content (AvgIpc) is 3.40. The number of likely N-dealkylation sites (tertiary alicyclic amines) is 1. The number of fused-ring (bicyclic) bond motifs is 3. The average molecular weight is 415 g/mol. The van der Waals surface area contributed by atoms with Crippen molar-refractivity contribution in [2.24, 2.45) is 11.8 Å². The van der Waals surface area contributed by atoms with Crippen LogP contribution in [0.5, 0.6) is 0 Å². The number of nitrogens with zero attached hydrogens (tertiary/aromatic N) is 3. The van der Waals surface area contributed by atoms with Gasteiger partial charge in [0.25, 0.3) is 5.56 Å². The van der Waals surface area contributed by atoms with Gasteiger partial charge in [0.1, 0.15) is 5.01 Å². The van der Waals surface area contributed by atoms with Crippen LogP contribution in [0.3, 0.4) is 0 Å². The van der Waals surface area contributed by atoms with E-state index in [2.05, 4.69) is 15.2 Å². The van der Waals surface area contributed by atoms with Crippen LogP contribution in [-0.2, 0) is 17.9 Å². The van der Waals surface area contributed by atoms with E-state index in [1.54, 1.807) is 17.5 Å². The van der Waals surface area contributed by atoms with Gasteiger partial charge in [0.15, 0.2) is 0 Å². The SMILES string of the molecule is C/C=C/c1ccc2n(c1=O)C[C@@H]1[C@@H](CO)[C@H](C(=O)NCC)N(Cc3nccs3)[C@H]21. The minimum Gasteiger partial charge on any atom is -0.396 e. The summed E-state index contributed by atoms with van der Waals surface area (Å²) in [6.45, 7) is 5.26. The second kappa shape index (κ2) is 8.22. The molecule has 29 heavy (non-hydrogen) atoms. The highest BCUT2D eigenvalue weighted by atomic mass is 32.1. The van der Waals surface area contributed by atoms with Crippen LogP contribution in [0.2, 0.25) is 0 Å². The summed E-state index contributed by atoms with van der Waals surface area (Å²) in [5.74, 6) is -0.311. The smallest absolute Gasteiger partial charge is 0.258 e. The standard InChI is InChI=1S/C21H26N4O3S/c1-3-5-13-6-7-16-18-14(10-24(16)21(13)28)15(12-26)19(20(27)22-4-2)25(18)11-17-23-8-9-29-17/h3,5-9,14-15,18-19,26H,4,10-12H2,1-2H3,(H,22,27)/b5-3+/t14-,15-,18+,19-/m1/s1. The van der Waals surface area contributed by atoms with Gasteiger partial charge in [-0.25, -0.2) is 4.98 Å². The molecule has 0 radical (unpaired) electrons. The van der Waals surface area contributed by atoms with E-state index in [4.69, 9.17) is 0 Å². The van der Waals surface area contributed by atoms with Crippen molar-refractivity contribution in [3.63, 3.8) is 0 Å². The third-order valence-electron chi connectivity index (χ3n) is 5.99. The number of nitrogens with one attached hydrogen (secondary N) is 1. The van der Waals surface area contributed by atoms with Gasteiger partial charge in [-0.3, -0.25) is 14.5 Å². The molecule has 2 aromatic heterocycles. The molecule has 1 fully saturated rings. The maximum absolute atomic E-state index is 13.0. The Morgan fingerprint density at radius 1 is 1.45 bits per heavy atom. The maximum Gasteiger partial charge on any atom is 0.258 e. The van der Waals surface area contributed by atoms with E-state index in [1.165, 1.54) is 0 Å². The lowest BCUT2D eigenvalue weighted by Crippen LogP contribution is -2.48. The topological polar surface area (TPSA) is 87.5 Å². The molecule has 8 heteroatoms. The molecule has 2 aromatic rings. The van der Waals surface area contributed by atoms with E-state index in [9.17, 15) is 14.7 Å². The van der Waals surface area contributed by atoms with E-state index in [1.807, 2.05) is 48.1 Å². The van der Waals surface area contributed by atoms with Crippen molar-refractivity contribution >= 4 is 23.3 Å². The van der Waals surface area contributed by atoms with E-state index in [0.717, 1.165) is 10.7 Å². The normalized spacial score (nSPS) is 26.0. The first kappa shape index (κ1) is 20.0. The molecule has 0 bridgehead atoms. The van der Waals surface area contributed by atoms with Crippen molar-refractivity contribution in [2.75, 3.05) is 13.2 Å². The van der Waals surface area contributed by atoms with Gasteiger partial charge >= 0.3 is 0 Å². The number of aliphatic hydroxyl groups excluding tert-OH is 1. The number of rotatable bonds is 6. The molecule has 2 aliphatic heterocycles. The van der Waals surface area contributed by atoms with Crippen LogP contribution in [0.1, 0.15) is 36.2 Å². The third kappa shape index (κ3) is 3.35. The largest absolute Gasteiger partial charge is 0.396 e. The Labute approximate surface area is 173 Å². The molecule has 7 nitrogen and oxygen atoms in total. The lowest BCUT2D eigenvalue weighted by atomic mass is 9.88. The molecule has 0 unspecified atom stereocenters. The molecule has 1 saturated heterocycles. The quantitative estimate of drug-likeness (QED) is 0.750. The molecular weight excluding hydrogens is 388 g/mol. The molecule has 154 valence electrons. The highest BCUT2D eigenvalue weighted by molar-refractivity contribution is 7.09. The zero-order valence-corrected chi connectivity index (χ0v) is 17.4. The first-order valence-electron chi connectivity index (χ1n) is 9.99. The van der Waals surface area contributed by atoms with Crippen LogP contribution in [0.4, 0.5) is 0 Å². The van der Waals surface area contributed by atoms with Crippen molar-refractivity contribution in [2.45, 2.75) is 39.0 Å². The van der Waals surface area contributed by atoms with Gasteiger partial charge in [0.05, 0.1) is 18.6 Å². The number of likely N-dealkylation sites (N-methyl/N-ethyl adjacent to an activating group) is 1. The number of amides is 1. The number of hydrogen-bond donors (Lipinski definition) is 2. The fourth-order valence-corrected chi connectivity index (χ4v) is 5.50. The summed E-state index contributed by atoms with van der Waals surface area (Å²) >= 11 is 1.55. The predicted octanol–water partition coefficient (Wildman–Crippen LogP) is 1.64. The van der Waals surface area contributed by atoms with Crippen LogP contribution >= 0.6 is 11.3 Å². The second-order valence-electron chi connectivity index (χ2n) is 7.52. The molecule has 0 aliphatic carbocycles. The van der Waals surface area contributed by atoms with Crippen LogP contribution in [0.25, 0.3) is 6.08 Å². The zero-order valence-electron chi connectivity index (χ0n) is 16.6. The first-order valence-corrected chi connectivity index (χ1v) is 10.9. The van der Waals surface area contributed by atoms with Gasteiger partial charge in [-0.15, -0.1) is 11.3 Å². The van der Waals surface area contributed by atoms with E-state index in [-0.39, 0.29) is 36.0 Å². The summed E-state index contributed by atoms with van der Waals surface area (Å²) in [5, 5.41) is 16.0. The van der Waals surface area contributed by atoms with Gasteiger partial charge in [0.2, 0.25) is 5.91 Å². The molecule has 4 rings (SSSR count). The van der Waals surface area contributed by atoms with Crippen molar-refractivity contribution in [3.8, 4) is 0 Å². The Morgan fingerprint density at radius 2 is 2.28 bits per heavy atom. The van der Waals surface area contributed by atoms with E-state index in [0.29, 0.717) is 25.2 Å². The Balaban J connectivity index is 1.79. The summed E-state index contributed by atoms with van der Waals surface area (Å²) in [6.07, 6.45) is 5.43. The summed E-state index contributed by atoms with van der Waals surface area (Å²) in [4.78, 5) is 32.4. The molecule has 2 aliphatic rings. The highest BCUT2D eigenvalue weighted by Gasteiger charge is 2.55.